The van der Waals surface area contributed by atoms with E-state index in [2.05, 4.69) is 47.1 Å². The van der Waals surface area contributed by atoms with Crippen molar-refractivity contribution in [3.05, 3.63) is 95.7 Å². The molecule has 0 aliphatic heterocycles. The summed E-state index contributed by atoms with van der Waals surface area (Å²) in [7, 11) is 0. The van der Waals surface area contributed by atoms with Crippen LogP contribution in [0.4, 0.5) is 5.69 Å². The quantitative estimate of drug-likeness (QED) is 0.492. The number of aromatic nitrogens is 1. The van der Waals surface area contributed by atoms with Gasteiger partial charge in [-0.2, -0.15) is 0 Å². The molecule has 0 radical (unpaired) electrons. The van der Waals surface area contributed by atoms with Gasteiger partial charge in [0.25, 0.3) is 0 Å². The topological polar surface area (TPSA) is 54.3 Å². The number of hydrogen-bond donors (Lipinski definition) is 2. The standard InChI is InChI=1S/C24H22N2O2/c1-17-13-20(25-15-18-7-3-2-4-8-18)11-12-22(17)26-16-19(14-24(27)28)21-9-5-6-10-23(21)26/h2-13,16,25H,14-15H2,1H3,(H,27,28). The first-order valence-electron chi connectivity index (χ1n) is 9.31. The summed E-state index contributed by atoms with van der Waals surface area (Å²) in [6.07, 6.45) is 1.96. The van der Waals surface area contributed by atoms with Crippen molar-refractivity contribution in [3.8, 4) is 5.69 Å². The lowest BCUT2D eigenvalue weighted by molar-refractivity contribution is -0.136. The zero-order chi connectivity index (χ0) is 19.5. The Morgan fingerprint density at radius 1 is 1.00 bits per heavy atom. The fourth-order valence-corrected chi connectivity index (χ4v) is 3.59. The molecule has 3 aromatic carbocycles. The fraction of sp³-hybridized carbons (Fsp3) is 0.125. The molecule has 1 aromatic heterocycles. The van der Waals surface area contributed by atoms with Gasteiger partial charge in [-0.1, -0.05) is 48.5 Å². The van der Waals surface area contributed by atoms with Crippen LogP contribution in [0.3, 0.4) is 0 Å². The molecular weight excluding hydrogens is 348 g/mol. The van der Waals surface area contributed by atoms with Crippen molar-refractivity contribution < 1.29 is 9.90 Å². The Balaban J connectivity index is 1.65. The smallest absolute Gasteiger partial charge is 0.307 e. The van der Waals surface area contributed by atoms with Gasteiger partial charge < -0.3 is 15.0 Å². The summed E-state index contributed by atoms with van der Waals surface area (Å²) in [4.78, 5) is 11.2. The van der Waals surface area contributed by atoms with E-state index in [1.165, 1.54) is 5.56 Å². The molecule has 4 aromatic rings. The van der Waals surface area contributed by atoms with Gasteiger partial charge in [0, 0.05) is 29.5 Å². The number of benzene rings is 3. The molecule has 0 unspecified atom stereocenters. The van der Waals surface area contributed by atoms with Crippen LogP contribution >= 0.6 is 0 Å². The van der Waals surface area contributed by atoms with Crippen LogP contribution in [0.15, 0.2) is 79.0 Å². The molecule has 0 fully saturated rings. The van der Waals surface area contributed by atoms with E-state index < -0.39 is 5.97 Å². The maximum atomic E-state index is 11.2. The predicted molar refractivity (Wildman–Crippen MR) is 113 cm³/mol. The first-order chi connectivity index (χ1) is 13.6. The number of aryl methyl sites for hydroxylation is 1. The molecule has 28 heavy (non-hydrogen) atoms. The third-order valence-electron chi connectivity index (χ3n) is 4.93. The molecule has 0 amide bonds. The number of rotatable bonds is 6. The van der Waals surface area contributed by atoms with Gasteiger partial charge in [0.15, 0.2) is 0 Å². The monoisotopic (exact) mass is 370 g/mol. The maximum Gasteiger partial charge on any atom is 0.307 e. The highest BCUT2D eigenvalue weighted by molar-refractivity contribution is 5.89. The van der Waals surface area contributed by atoms with Gasteiger partial charge in [0.1, 0.15) is 0 Å². The number of nitrogens with zero attached hydrogens (tertiary/aromatic N) is 1. The van der Waals surface area contributed by atoms with Crippen molar-refractivity contribution in [1.29, 1.82) is 0 Å². The van der Waals surface area contributed by atoms with Gasteiger partial charge in [-0.05, 0) is 47.9 Å². The van der Waals surface area contributed by atoms with Crippen LogP contribution < -0.4 is 5.32 Å². The zero-order valence-electron chi connectivity index (χ0n) is 15.7. The first kappa shape index (κ1) is 17.9. The predicted octanol–water partition coefficient (Wildman–Crippen LogP) is 5.18. The van der Waals surface area contributed by atoms with Gasteiger partial charge in [0.2, 0.25) is 0 Å². The third kappa shape index (κ3) is 3.62. The molecule has 4 heteroatoms. The molecule has 2 N–H and O–H groups in total. The number of aliphatic carboxylic acids is 1. The molecule has 4 nitrogen and oxygen atoms in total. The molecule has 4 rings (SSSR count). The minimum absolute atomic E-state index is 0.0171. The van der Waals surface area contributed by atoms with E-state index in [1.54, 1.807) is 0 Å². The summed E-state index contributed by atoms with van der Waals surface area (Å²) < 4.78 is 2.09. The van der Waals surface area contributed by atoms with E-state index in [0.717, 1.165) is 39.9 Å². The highest BCUT2D eigenvalue weighted by atomic mass is 16.4. The number of fused-ring (bicyclic) bond motifs is 1. The molecule has 0 bridgehead atoms. The molecule has 0 saturated carbocycles. The van der Waals surface area contributed by atoms with Gasteiger partial charge in [-0.3, -0.25) is 4.79 Å². The van der Waals surface area contributed by atoms with Crippen LogP contribution in [-0.4, -0.2) is 15.6 Å². The summed E-state index contributed by atoms with van der Waals surface area (Å²) in [6.45, 7) is 2.85. The fourth-order valence-electron chi connectivity index (χ4n) is 3.59. The third-order valence-corrected chi connectivity index (χ3v) is 4.93. The van der Waals surface area contributed by atoms with Crippen LogP contribution in [0.1, 0.15) is 16.7 Å². The SMILES string of the molecule is Cc1cc(NCc2ccccc2)ccc1-n1cc(CC(=O)O)c2ccccc21. The minimum atomic E-state index is -0.819. The zero-order valence-corrected chi connectivity index (χ0v) is 15.7. The molecule has 0 aliphatic rings. The Bertz CT molecular complexity index is 1130. The van der Waals surface area contributed by atoms with E-state index in [4.69, 9.17) is 0 Å². The average molecular weight is 370 g/mol. The summed E-state index contributed by atoms with van der Waals surface area (Å²) in [5.41, 5.74) is 6.32. The van der Waals surface area contributed by atoms with E-state index in [0.29, 0.717) is 0 Å². The number of anilines is 1. The highest BCUT2D eigenvalue weighted by Crippen LogP contribution is 2.28. The van der Waals surface area contributed by atoms with Gasteiger partial charge >= 0.3 is 5.97 Å². The van der Waals surface area contributed by atoms with Crippen LogP contribution in [0, 0.1) is 6.92 Å². The normalized spacial score (nSPS) is 10.9. The highest BCUT2D eigenvalue weighted by Gasteiger charge is 2.13. The summed E-state index contributed by atoms with van der Waals surface area (Å²) in [6, 6.07) is 24.5. The lowest BCUT2D eigenvalue weighted by Crippen LogP contribution is -2.01. The number of nitrogens with one attached hydrogen (secondary N) is 1. The van der Waals surface area contributed by atoms with Gasteiger partial charge in [-0.25, -0.2) is 0 Å². The van der Waals surface area contributed by atoms with Crippen molar-refractivity contribution in [1.82, 2.24) is 4.57 Å². The number of carboxylic acid groups (broad SMARTS) is 1. The number of para-hydroxylation sites is 1. The molecule has 0 saturated heterocycles. The Hall–Kier alpha value is -3.53. The second-order valence-corrected chi connectivity index (χ2v) is 6.95. The van der Waals surface area contributed by atoms with Crippen LogP contribution in [0.25, 0.3) is 16.6 Å². The molecule has 140 valence electrons. The lowest BCUT2D eigenvalue weighted by atomic mass is 10.1. The second kappa shape index (κ2) is 7.61. The van der Waals surface area contributed by atoms with Crippen LogP contribution in [0.5, 0.6) is 0 Å². The maximum absolute atomic E-state index is 11.2. The Labute approximate surface area is 164 Å². The largest absolute Gasteiger partial charge is 0.481 e. The van der Waals surface area contributed by atoms with Crippen molar-refractivity contribution in [3.63, 3.8) is 0 Å². The number of carboxylic acids is 1. The second-order valence-electron chi connectivity index (χ2n) is 6.95. The average Bonchev–Trinajstić information content (AvgIpc) is 3.05. The first-order valence-corrected chi connectivity index (χ1v) is 9.31. The Morgan fingerprint density at radius 2 is 1.75 bits per heavy atom. The summed E-state index contributed by atoms with van der Waals surface area (Å²) in [5, 5.41) is 13.7. The number of hydrogen-bond acceptors (Lipinski definition) is 2. The molecule has 0 aliphatic carbocycles. The Morgan fingerprint density at radius 3 is 2.50 bits per heavy atom. The summed E-state index contributed by atoms with van der Waals surface area (Å²) >= 11 is 0. The Kier molecular flexibility index (Phi) is 4.85. The van der Waals surface area contributed by atoms with Crippen LogP contribution in [0.2, 0.25) is 0 Å². The van der Waals surface area contributed by atoms with Crippen molar-refractivity contribution >= 4 is 22.6 Å². The summed E-state index contributed by atoms with van der Waals surface area (Å²) in [5.74, 6) is -0.819. The molecule has 0 spiro atoms. The van der Waals surface area contributed by atoms with Crippen molar-refractivity contribution in [2.75, 3.05) is 5.32 Å². The molecular formula is C24H22N2O2. The van der Waals surface area contributed by atoms with Gasteiger partial charge in [0.05, 0.1) is 11.9 Å². The van der Waals surface area contributed by atoms with Crippen LogP contribution in [-0.2, 0) is 17.8 Å². The van der Waals surface area contributed by atoms with E-state index in [-0.39, 0.29) is 6.42 Å². The lowest BCUT2D eigenvalue weighted by Gasteiger charge is -2.13. The minimum Gasteiger partial charge on any atom is -0.481 e. The van der Waals surface area contributed by atoms with E-state index >= 15 is 0 Å². The van der Waals surface area contributed by atoms with Crippen molar-refractivity contribution in [2.45, 2.75) is 19.9 Å². The van der Waals surface area contributed by atoms with Gasteiger partial charge in [-0.15, -0.1) is 0 Å². The van der Waals surface area contributed by atoms with Crippen molar-refractivity contribution in [2.24, 2.45) is 0 Å². The van der Waals surface area contributed by atoms with E-state index in [1.807, 2.05) is 48.7 Å². The molecule has 1 heterocycles. The number of carbonyl (C=O) groups is 1. The molecule has 0 atom stereocenters. The van der Waals surface area contributed by atoms with E-state index in [9.17, 15) is 9.90 Å².